The molecule has 0 aliphatic rings. The van der Waals surface area contributed by atoms with E-state index in [0.29, 0.717) is 12.8 Å². The lowest BCUT2D eigenvalue weighted by atomic mass is 10.0. The molecule has 9 N–H and O–H groups in total. The summed E-state index contributed by atoms with van der Waals surface area (Å²) in [6.45, 7) is 3.72. The van der Waals surface area contributed by atoms with Gasteiger partial charge in [-0.25, -0.2) is 9.36 Å². The van der Waals surface area contributed by atoms with Gasteiger partial charge in [0.15, 0.2) is 0 Å². The van der Waals surface area contributed by atoms with E-state index >= 15 is 0 Å². The number of halogens is 1. The first kappa shape index (κ1) is 22.7. The highest BCUT2D eigenvalue weighted by Gasteiger charge is 2.32. The summed E-state index contributed by atoms with van der Waals surface area (Å²) in [6, 6.07) is -0.814. The molecule has 110 valence electrons. The first-order valence-corrected chi connectivity index (χ1v) is 6.90. The van der Waals surface area contributed by atoms with E-state index in [1.807, 2.05) is 19.2 Å². The molecule has 0 rings (SSSR count). The molecule has 0 saturated carbocycles. The maximum atomic E-state index is 11.3. The third-order valence-corrected chi connectivity index (χ3v) is 3.25. The predicted octanol–water partition coefficient (Wildman–Crippen LogP) is 0.368. The number of carbonyl (C=O) groups is 2. The summed E-state index contributed by atoms with van der Waals surface area (Å²) in [5.41, 5.74) is 4.81. The van der Waals surface area contributed by atoms with Gasteiger partial charge in [0.1, 0.15) is 4.32 Å². The molecule has 0 radical (unpaired) electrons. The smallest absolute Gasteiger partial charge is 0.351 e. The van der Waals surface area contributed by atoms with Crippen molar-refractivity contribution in [1.29, 1.82) is 0 Å². The van der Waals surface area contributed by atoms with Crippen LogP contribution < -0.4 is 17.2 Å². The molecule has 11 heteroatoms. The second-order valence-electron chi connectivity index (χ2n) is 3.00. The van der Waals surface area contributed by atoms with Crippen LogP contribution in [0.4, 0.5) is 4.79 Å². The Morgan fingerprint density at radius 2 is 1.56 bits per heavy atom. The van der Waals surface area contributed by atoms with Gasteiger partial charge in [-0.05, 0) is 12.8 Å². The van der Waals surface area contributed by atoms with Gasteiger partial charge < -0.3 is 26.6 Å². The van der Waals surface area contributed by atoms with E-state index in [1.165, 1.54) is 0 Å². The fraction of sp³-hybridized carbons (Fsp3) is 0.714. The van der Waals surface area contributed by atoms with E-state index in [-0.39, 0.29) is 12.1 Å². The first-order valence-electron chi connectivity index (χ1n) is 4.54. The zero-order valence-corrected chi connectivity index (χ0v) is 12.6. The van der Waals surface area contributed by atoms with Crippen molar-refractivity contribution in [3.05, 3.63) is 0 Å². The maximum Gasteiger partial charge on any atom is 0.466 e. The molecule has 0 atom stereocenters. The fourth-order valence-electron chi connectivity index (χ4n) is 0.795. The summed E-state index contributed by atoms with van der Waals surface area (Å²) in [6.07, 6.45) is 1.23. The van der Waals surface area contributed by atoms with Crippen LogP contribution in [0, 0.1) is 0 Å². The van der Waals surface area contributed by atoms with Crippen molar-refractivity contribution >= 4 is 35.7 Å². The van der Waals surface area contributed by atoms with Crippen LogP contribution in [0.1, 0.15) is 26.7 Å². The van der Waals surface area contributed by atoms with Crippen molar-refractivity contribution in [3.8, 4) is 0 Å². The summed E-state index contributed by atoms with van der Waals surface area (Å²) in [5, 5.41) is 2.04. The van der Waals surface area contributed by atoms with E-state index in [2.05, 4.69) is 15.9 Å². The number of nitrogens with two attached hydrogens (primary N) is 1. The second kappa shape index (κ2) is 9.42. The van der Waals surface area contributed by atoms with Crippen molar-refractivity contribution in [1.82, 2.24) is 11.5 Å². The van der Waals surface area contributed by atoms with Gasteiger partial charge in [-0.3, -0.25) is 10.1 Å². The lowest BCUT2D eigenvalue weighted by Crippen LogP contribution is -2.46. The number of rotatable bonds is 3. The summed E-state index contributed by atoms with van der Waals surface area (Å²) in [7, 11) is -4.64. The minimum atomic E-state index is -4.64. The first-order chi connectivity index (χ1) is 7.46. The highest BCUT2D eigenvalue weighted by atomic mass is 79.9. The van der Waals surface area contributed by atoms with Gasteiger partial charge in [0.2, 0.25) is 5.91 Å². The van der Waals surface area contributed by atoms with Gasteiger partial charge >= 0.3 is 13.9 Å². The lowest BCUT2D eigenvalue weighted by Gasteiger charge is -2.21. The van der Waals surface area contributed by atoms with E-state index in [0.717, 1.165) is 0 Å². The van der Waals surface area contributed by atoms with Crippen molar-refractivity contribution in [2.45, 2.75) is 31.0 Å². The molecule has 0 aromatic rings. The molecular formula is C7H19BrN3O6P. The largest absolute Gasteiger partial charge is 0.466 e. The maximum absolute atomic E-state index is 11.3. The van der Waals surface area contributed by atoms with Crippen molar-refractivity contribution in [2.24, 2.45) is 5.73 Å². The molecular weight excluding hydrogens is 333 g/mol. The van der Waals surface area contributed by atoms with Crippen molar-refractivity contribution in [2.75, 3.05) is 0 Å². The number of alkyl halides is 1. The number of hydrogen-bond donors (Lipinski definition) is 6. The van der Waals surface area contributed by atoms with Gasteiger partial charge in [0, 0.05) is 0 Å². The summed E-state index contributed by atoms with van der Waals surface area (Å²) >= 11 is 3.26. The molecule has 18 heavy (non-hydrogen) atoms. The molecule has 3 amide bonds. The molecule has 0 saturated heterocycles. The molecule has 0 aromatic heterocycles. The molecule has 9 nitrogen and oxygen atoms in total. The molecule has 0 unspecified atom stereocenters. The predicted molar refractivity (Wildman–Crippen MR) is 69.3 cm³/mol. The zero-order chi connectivity index (χ0) is 14.3. The quantitative estimate of drug-likeness (QED) is 0.313. The molecule has 0 aliphatic carbocycles. The minimum absolute atomic E-state index is 0. The second-order valence-corrected chi connectivity index (χ2v) is 5.55. The van der Waals surface area contributed by atoms with Crippen molar-refractivity contribution < 1.29 is 28.8 Å². The van der Waals surface area contributed by atoms with E-state index in [4.69, 9.17) is 25.0 Å². The van der Waals surface area contributed by atoms with Crippen LogP contribution in [-0.4, -0.2) is 30.9 Å². The van der Waals surface area contributed by atoms with Crippen molar-refractivity contribution in [3.63, 3.8) is 0 Å². The average molecular weight is 352 g/mol. The van der Waals surface area contributed by atoms with Crippen LogP contribution in [0.25, 0.3) is 0 Å². The highest BCUT2D eigenvalue weighted by molar-refractivity contribution is 9.10. The molecule has 0 heterocycles. The SMILES string of the molecule is CCC(Br)(CC)C(=O)NC(N)=O.N.O=P(O)(O)O. The van der Waals surface area contributed by atoms with Crippen LogP contribution in [0.3, 0.4) is 0 Å². The van der Waals surface area contributed by atoms with Gasteiger partial charge in [-0.2, -0.15) is 0 Å². The highest BCUT2D eigenvalue weighted by Crippen LogP contribution is 2.26. The Labute approximate surface area is 113 Å². The van der Waals surface area contributed by atoms with Crippen LogP contribution in [0.2, 0.25) is 0 Å². The normalized spacial score (nSPS) is 10.6. The van der Waals surface area contributed by atoms with Crippen LogP contribution >= 0.6 is 23.8 Å². The third-order valence-electron chi connectivity index (χ3n) is 1.76. The van der Waals surface area contributed by atoms with E-state index < -0.39 is 18.2 Å². The van der Waals surface area contributed by atoms with Gasteiger partial charge in [0.05, 0.1) is 0 Å². The van der Waals surface area contributed by atoms with Gasteiger partial charge in [-0.1, -0.05) is 29.8 Å². The number of phosphoric acid groups is 1. The third kappa shape index (κ3) is 13.6. The number of nitrogens with one attached hydrogen (secondary N) is 1. The number of primary amides is 1. The molecule has 0 spiro atoms. The Balaban J connectivity index is -0.000000321. The Bertz CT molecular complexity index is 308. The summed E-state index contributed by atoms with van der Waals surface area (Å²) in [5.74, 6) is -0.375. The monoisotopic (exact) mass is 351 g/mol. The fourth-order valence-corrected chi connectivity index (χ4v) is 0.894. The zero-order valence-electron chi connectivity index (χ0n) is 10.1. The van der Waals surface area contributed by atoms with Crippen LogP contribution in [0.5, 0.6) is 0 Å². The standard InChI is InChI=1S/C7H13BrN2O2.H3N.H3O4P/c1-3-7(8,4-2)5(11)10-6(9)12;;1-5(2,3)4/h3-4H2,1-2H3,(H3,9,10,11,12);1H3;(H3,1,2,3,4). The number of amides is 3. The Hall–Kier alpha value is -0.510. The number of imide groups is 1. The summed E-state index contributed by atoms with van der Waals surface area (Å²) < 4.78 is 8.22. The average Bonchev–Trinajstić information content (AvgIpc) is 2.12. The molecule has 0 aromatic carbocycles. The van der Waals surface area contributed by atoms with Gasteiger partial charge in [0.25, 0.3) is 0 Å². The Morgan fingerprint density at radius 3 is 1.72 bits per heavy atom. The molecule has 0 bridgehead atoms. The van der Waals surface area contributed by atoms with E-state index in [9.17, 15) is 9.59 Å². The van der Waals surface area contributed by atoms with E-state index in [1.54, 1.807) is 0 Å². The number of hydrogen-bond acceptors (Lipinski definition) is 4. The number of carbonyl (C=O) groups excluding carboxylic acids is 2. The van der Waals surface area contributed by atoms with Gasteiger partial charge in [-0.15, -0.1) is 0 Å². The Morgan fingerprint density at radius 1 is 1.28 bits per heavy atom. The topological polar surface area (TPSA) is 185 Å². The lowest BCUT2D eigenvalue weighted by molar-refractivity contribution is -0.122. The minimum Gasteiger partial charge on any atom is -0.351 e. The molecule has 0 fully saturated rings. The van der Waals surface area contributed by atoms with Crippen LogP contribution in [0.15, 0.2) is 0 Å². The summed E-state index contributed by atoms with van der Waals surface area (Å²) in [4.78, 5) is 43.2. The Kier molecular flexibility index (Phi) is 11.9. The molecule has 0 aliphatic heterocycles. The van der Waals surface area contributed by atoms with Crippen LogP contribution in [-0.2, 0) is 9.36 Å². The number of urea groups is 1.